The first-order valence-electron chi connectivity index (χ1n) is 11.6. The molecule has 1 unspecified atom stereocenters. The van der Waals surface area contributed by atoms with Gasteiger partial charge in [0.15, 0.2) is 0 Å². The second-order valence-corrected chi connectivity index (χ2v) is 8.10. The highest BCUT2D eigenvalue weighted by Gasteiger charge is 2.45. The molecule has 0 rings (SSSR count). The van der Waals surface area contributed by atoms with E-state index >= 15 is 0 Å². The van der Waals surface area contributed by atoms with Crippen LogP contribution in [0.3, 0.4) is 0 Å². The summed E-state index contributed by atoms with van der Waals surface area (Å²) in [6.07, 6.45) is 17.0. The van der Waals surface area contributed by atoms with Crippen LogP contribution in [0, 0.1) is 11.3 Å². The lowest BCUT2D eigenvalue weighted by molar-refractivity contribution is -0.168. The molecule has 0 aromatic heterocycles. The third kappa shape index (κ3) is 10.8. The van der Waals surface area contributed by atoms with Gasteiger partial charge in [0.2, 0.25) is 0 Å². The molecule has 168 valence electrons. The minimum absolute atomic E-state index is 0.192. The molecule has 1 atom stereocenters. The van der Waals surface area contributed by atoms with E-state index in [1.165, 1.54) is 64.2 Å². The predicted octanol–water partition coefficient (Wildman–Crippen LogP) is 4.61. The summed E-state index contributed by atoms with van der Waals surface area (Å²) in [7, 11) is 0. The average molecular weight is 403 g/mol. The highest BCUT2D eigenvalue weighted by molar-refractivity contribution is 5.77. The first kappa shape index (κ1) is 27.4. The number of hydrogen-bond acceptors (Lipinski definition) is 5. The average Bonchev–Trinajstić information content (AvgIpc) is 2.71. The molecule has 0 fully saturated rings. The lowest BCUT2D eigenvalue weighted by atomic mass is 9.74. The number of unbranched alkanes of at least 4 members (excludes halogenated alkanes) is 12. The highest BCUT2D eigenvalue weighted by atomic mass is 16.5. The molecule has 0 aliphatic heterocycles. The van der Waals surface area contributed by atoms with E-state index in [0.29, 0.717) is 6.42 Å². The number of carbonyl (C=O) groups is 1. The van der Waals surface area contributed by atoms with Gasteiger partial charge in [-0.1, -0.05) is 90.4 Å². The smallest absolute Gasteiger partial charge is 0.317 e. The number of hydrogen-bond donors (Lipinski definition) is 3. The van der Waals surface area contributed by atoms with Crippen molar-refractivity contribution in [3.05, 3.63) is 0 Å². The topological polar surface area (TPSA) is 87.0 Å². The molecule has 0 aromatic rings. The van der Waals surface area contributed by atoms with Crippen molar-refractivity contribution in [2.45, 2.75) is 104 Å². The van der Waals surface area contributed by atoms with Crippen molar-refractivity contribution < 1.29 is 24.9 Å². The molecule has 0 aliphatic rings. The van der Waals surface area contributed by atoms with Crippen molar-refractivity contribution in [1.29, 1.82) is 0 Å². The van der Waals surface area contributed by atoms with E-state index in [1.54, 1.807) is 6.92 Å². The van der Waals surface area contributed by atoms with Crippen molar-refractivity contribution in [1.82, 2.24) is 0 Å². The van der Waals surface area contributed by atoms with Crippen molar-refractivity contribution in [2.24, 2.45) is 11.3 Å². The molecule has 0 saturated carbocycles. The summed E-state index contributed by atoms with van der Waals surface area (Å²) in [5, 5.41) is 29.1. The Morgan fingerprint density at radius 1 is 0.750 bits per heavy atom. The summed E-state index contributed by atoms with van der Waals surface area (Å²) in [5.74, 6) is -1.09. The van der Waals surface area contributed by atoms with Gasteiger partial charge in [-0.25, -0.2) is 0 Å². The Hall–Kier alpha value is -0.650. The lowest BCUT2D eigenvalue weighted by Gasteiger charge is -2.34. The Balaban J connectivity index is 3.90. The van der Waals surface area contributed by atoms with Gasteiger partial charge in [0, 0.05) is 12.5 Å². The van der Waals surface area contributed by atoms with Crippen LogP contribution in [0.2, 0.25) is 0 Å². The summed E-state index contributed by atoms with van der Waals surface area (Å²) in [6, 6.07) is 0. The Bertz CT molecular complexity index is 355. The summed E-state index contributed by atoms with van der Waals surface area (Å²) in [4.78, 5) is 12.2. The van der Waals surface area contributed by atoms with Crippen LogP contribution in [-0.4, -0.2) is 47.7 Å². The van der Waals surface area contributed by atoms with Crippen LogP contribution in [0.1, 0.15) is 104 Å². The van der Waals surface area contributed by atoms with Gasteiger partial charge in [0.1, 0.15) is 5.41 Å². The quantitative estimate of drug-likeness (QED) is 0.204. The van der Waals surface area contributed by atoms with Gasteiger partial charge in [-0.15, -0.1) is 0 Å². The van der Waals surface area contributed by atoms with Gasteiger partial charge in [0.25, 0.3) is 0 Å². The molecule has 0 spiro atoms. The van der Waals surface area contributed by atoms with E-state index in [2.05, 4.69) is 6.92 Å². The Morgan fingerprint density at radius 3 is 1.54 bits per heavy atom. The van der Waals surface area contributed by atoms with E-state index in [9.17, 15) is 20.1 Å². The van der Waals surface area contributed by atoms with Gasteiger partial charge in [-0.05, 0) is 13.3 Å². The molecule has 28 heavy (non-hydrogen) atoms. The van der Waals surface area contributed by atoms with Gasteiger partial charge in [-0.2, -0.15) is 0 Å². The van der Waals surface area contributed by atoms with Gasteiger partial charge in [0.05, 0.1) is 19.8 Å². The van der Waals surface area contributed by atoms with Crippen LogP contribution < -0.4 is 0 Å². The Labute approximate surface area is 172 Å². The van der Waals surface area contributed by atoms with Gasteiger partial charge in [-0.3, -0.25) is 4.79 Å². The molecule has 0 saturated heterocycles. The number of esters is 1. The summed E-state index contributed by atoms with van der Waals surface area (Å²) in [6.45, 7) is 2.88. The van der Waals surface area contributed by atoms with E-state index in [4.69, 9.17) is 4.74 Å². The molecule has 0 radical (unpaired) electrons. The Morgan fingerprint density at radius 2 is 1.18 bits per heavy atom. The number of rotatable bonds is 20. The summed E-state index contributed by atoms with van der Waals surface area (Å²) < 4.78 is 5.02. The van der Waals surface area contributed by atoms with Crippen LogP contribution in [-0.2, 0) is 9.53 Å². The maximum atomic E-state index is 12.2. The minimum Gasteiger partial charge on any atom is -0.465 e. The molecule has 0 aromatic carbocycles. The molecule has 0 heterocycles. The zero-order valence-corrected chi connectivity index (χ0v) is 18.5. The van der Waals surface area contributed by atoms with Crippen molar-refractivity contribution in [3.63, 3.8) is 0 Å². The monoisotopic (exact) mass is 402 g/mol. The molecule has 5 nitrogen and oxygen atoms in total. The van der Waals surface area contributed by atoms with Crippen LogP contribution in [0.25, 0.3) is 0 Å². The fourth-order valence-electron chi connectivity index (χ4n) is 3.83. The molecular formula is C23H46O5. The van der Waals surface area contributed by atoms with Crippen LogP contribution in [0.15, 0.2) is 0 Å². The SMILES string of the molecule is CCCCCCCCCCCCCCCC(CO)C(CO)(CO)C(=O)OCC. The number of ether oxygens (including phenoxy) is 1. The molecule has 5 heteroatoms. The van der Waals surface area contributed by atoms with Crippen LogP contribution >= 0.6 is 0 Å². The van der Waals surface area contributed by atoms with Crippen molar-refractivity contribution >= 4 is 5.97 Å². The van der Waals surface area contributed by atoms with Gasteiger partial charge < -0.3 is 20.1 Å². The van der Waals surface area contributed by atoms with Crippen molar-refractivity contribution in [3.8, 4) is 0 Å². The maximum Gasteiger partial charge on any atom is 0.317 e. The van der Waals surface area contributed by atoms with E-state index in [-0.39, 0.29) is 13.2 Å². The predicted molar refractivity (Wildman–Crippen MR) is 114 cm³/mol. The molecule has 0 aliphatic carbocycles. The van der Waals surface area contributed by atoms with E-state index < -0.39 is 30.5 Å². The molecular weight excluding hydrogens is 356 g/mol. The summed E-state index contributed by atoms with van der Waals surface area (Å²) >= 11 is 0. The molecule has 0 bridgehead atoms. The zero-order valence-electron chi connectivity index (χ0n) is 18.5. The van der Waals surface area contributed by atoms with E-state index in [0.717, 1.165) is 19.3 Å². The second kappa shape index (κ2) is 18.4. The largest absolute Gasteiger partial charge is 0.465 e. The van der Waals surface area contributed by atoms with E-state index in [1.807, 2.05) is 0 Å². The standard InChI is InChI=1S/C23H46O5/c1-3-5-6-7-8-9-10-11-12-13-14-15-16-17-21(18-24)23(19-25,20-26)22(27)28-4-2/h21,24-26H,3-20H2,1-2H3. The third-order valence-electron chi connectivity index (χ3n) is 5.90. The number of aliphatic hydroxyl groups excluding tert-OH is 3. The fraction of sp³-hybridized carbons (Fsp3) is 0.957. The third-order valence-corrected chi connectivity index (χ3v) is 5.90. The zero-order chi connectivity index (χ0) is 21.1. The Kier molecular flexibility index (Phi) is 18.0. The normalized spacial score (nSPS) is 12.9. The van der Waals surface area contributed by atoms with Crippen LogP contribution in [0.4, 0.5) is 0 Å². The molecule has 3 N–H and O–H groups in total. The minimum atomic E-state index is -1.40. The van der Waals surface area contributed by atoms with Crippen molar-refractivity contribution in [2.75, 3.05) is 26.4 Å². The number of carbonyl (C=O) groups excluding carboxylic acids is 1. The second-order valence-electron chi connectivity index (χ2n) is 8.10. The lowest BCUT2D eigenvalue weighted by Crippen LogP contribution is -2.47. The maximum absolute atomic E-state index is 12.2. The fourth-order valence-corrected chi connectivity index (χ4v) is 3.83. The van der Waals surface area contributed by atoms with Gasteiger partial charge >= 0.3 is 5.97 Å². The highest BCUT2D eigenvalue weighted by Crippen LogP contribution is 2.33. The first-order valence-corrected chi connectivity index (χ1v) is 11.6. The number of aliphatic hydroxyl groups is 3. The summed E-state index contributed by atoms with van der Waals surface area (Å²) in [5.41, 5.74) is -1.40. The van der Waals surface area contributed by atoms with Crippen LogP contribution in [0.5, 0.6) is 0 Å². The molecule has 0 amide bonds. The first-order chi connectivity index (χ1) is 13.6.